The van der Waals surface area contributed by atoms with Crippen molar-refractivity contribution in [3.63, 3.8) is 0 Å². The Bertz CT molecular complexity index is 521. The standard InChI is InChI=1S/C6H4BrClIN4OP/c1-14-5-2-3(7)12-13(15-9)4(2)10-6(8)11-5/h15H,1H3. The number of hydrogen-bond donors (Lipinski definition) is 0. The molecule has 2 aromatic rings. The molecule has 9 heteroatoms. The van der Waals surface area contributed by atoms with Gasteiger partial charge in [-0.3, -0.25) is 0 Å². The molecule has 0 amide bonds. The highest BCUT2D eigenvalue weighted by Crippen LogP contribution is 2.35. The molecule has 1 atom stereocenters. The summed E-state index contributed by atoms with van der Waals surface area (Å²) >= 11 is 11.3. The molecule has 5 nitrogen and oxygen atoms in total. The Kier molecular flexibility index (Phi) is 3.64. The van der Waals surface area contributed by atoms with Gasteiger partial charge in [-0.25, -0.2) is 4.45 Å². The summed E-state index contributed by atoms with van der Waals surface area (Å²) in [6, 6.07) is 0. The number of methoxy groups -OCH3 is 1. The average Bonchev–Trinajstić information content (AvgIpc) is 2.54. The topological polar surface area (TPSA) is 52.8 Å². The van der Waals surface area contributed by atoms with E-state index in [1.165, 1.54) is 7.11 Å². The minimum absolute atomic E-state index is 0.155. The first-order chi connectivity index (χ1) is 7.17. The van der Waals surface area contributed by atoms with Crippen molar-refractivity contribution in [2.45, 2.75) is 0 Å². The molecule has 0 spiro atoms. The fourth-order valence-corrected chi connectivity index (χ4v) is 3.33. The summed E-state index contributed by atoms with van der Waals surface area (Å²) in [5.41, 5.74) is 0.673. The van der Waals surface area contributed by atoms with Gasteiger partial charge < -0.3 is 4.74 Å². The molecule has 80 valence electrons. The van der Waals surface area contributed by atoms with Crippen LogP contribution in [0.3, 0.4) is 0 Å². The van der Waals surface area contributed by atoms with Gasteiger partial charge in [0.15, 0.2) is 5.65 Å². The maximum atomic E-state index is 5.78. The van der Waals surface area contributed by atoms with Crippen LogP contribution in [-0.4, -0.2) is 26.6 Å². The van der Waals surface area contributed by atoms with Crippen LogP contribution in [0.4, 0.5) is 0 Å². The van der Waals surface area contributed by atoms with Crippen molar-refractivity contribution in [2.24, 2.45) is 0 Å². The maximum absolute atomic E-state index is 5.78. The van der Waals surface area contributed by atoms with Crippen molar-refractivity contribution in [1.29, 1.82) is 0 Å². The van der Waals surface area contributed by atoms with Crippen molar-refractivity contribution in [1.82, 2.24) is 19.5 Å². The number of rotatable bonds is 2. The summed E-state index contributed by atoms with van der Waals surface area (Å²) in [4.78, 5) is 8.10. The number of ether oxygens (including phenoxy) is 1. The fourth-order valence-electron chi connectivity index (χ4n) is 1.13. The molecule has 2 heterocycles. The number of nitrogens with zero attached hydrogens (tertiary/aromatic N) is 4. The number of halogens is 3. The lowest BCUT2D eigenvalue weighted by Gasteiger charge is -2.01. The second-order valence-electron chi connectivity index (χ2n) is 2.49. The maximum Gasteiger partial charge on any atom is 0.230 e. The Morgan fingerprint density at radius 2 is 2.27 bits per heavy atom. The van der Waals surface area contributed by atoms with Crippen molar-refractivity contribution < 1.29 is 4.74 Å². The van der Waals surface area contributed by atoms with Crippen LogP contribution in [0.1, 0.15) is 0 Å². The van der Waals surface area contributed by atoms with E-state index in [0.29, 0.717) is 22.5 Å². The number of hydrogen-bond acceptors (Lipinski definition) is 4. The van der Waals surface area contributed by atoms with E-state index < -0.39 is 0 Å². The Morgan fingerprint density at radius 1 is 1.53 bits per heavy atom. The molecule has 0 N–H and O–H groups in total. The molecule has 0 aliphatic carbocycles. The zero-order chi connectivity index (χ0) is 11.0. The van der Waals surface area contributed by atoms with E-state index in [1.807, 2.05) is 0 Å². The van der Waals surface area contributed by atoms with E-state index in [4.69, 9.17) is 16.3 Å². The van der Waals surface area contributed by atoms with E-state index in [-0.39, 0.29) is 5.28 Å². The number of aromatic nitrogens is 4. The fraction of sp³-hybridized carbons (Fsp3) is 0.167. The quantitative estimate of drug-likeness (QED) is 0.425. The van der Waals surface area contributed by atoms with Crippen LogP contribution in [0.2, 0.25) is 5.28 Å². The molecular weight excluding hydrogens is 417 g/mol. The normalized spacial score (nSPS) is 11.7. The monoisotopic (exact) mass is 420 g/mol. The molecule has 2 aromatic heterocycles. The third-order valence-corrected chi connectivity index (χ3v) is 4.26. The summed E-state index contributed by atoms with van der Waals surface area (Å²) in [7, 11) is 1.54. The van der Waals surface area contributed by atoms with Crippen LogP contribution < -0.4 is 4.74 Å². The van der Waals surface area contributed by atoms with Gasteiger partial charge in [0.05, 0.1) is 13.5 Å². The van der Waals surface area contributed by atoms with Gasteiger partial charge in [-0.1, -0.05) is 0 Å². The predicted molar refractivity (Wildman–Crippen MR) is 72.3 cm³/mol. The van der Waals surface area contributed by atoms with Gasteiger partial charge in [-0.2, -0.15) is 15.1 Å². The van der Waals surface area contributed by atoms with Crippen LogP contribution in [-0.2, 0) is 0 Å². The van der Waals surface area contributed by atoms with E-state index in [9.17, 15) is 0 Å². The minimum Gasteiger partial charge on any atom is -0.480 e. The van der Waals surface area contributed by atoms with Crippen molar-refractivity contribution in [3.05, 3.63) is 9.89 Å². The van der Waals surface area contributed by atoms with Crippen molar-refractivity contribution in [2.75, 3.05) is 7.11 Å². The first-order valence-corrected chi connectivity index (χ1v) is 8.93. The van der Waals surface area contributed by atoms with Gasteiger partial charge in [-0.05, 0) is 49.6 Å². The van der Waals surface area contributed by atoms with Gasteiger partial charge in [-0.15, -0.1) is 0 Å². The van der Waals surface area contributed by atoms with Crippen LogP contribution in [0.25, 0.3) is 11.0 Å². The molecular formula is C6H4BrClIN4OP. The third-order valence-electron chi connectivity index (χ3n) is 1.70. The zero-order valence-corrected chi connectivity index (χ0v) is 12.8. The summed E-state index contributed by atoms with van der Waals surface area (Å²) in [6.07, 6.45) is 0.440. The van der Waals surface area contributed by atoms with Gasteiger partial charge in [0.25, 0.3) is 0 Å². The molecule has 0 aliphatic rings. The highest BCUT2D eigenvalue weighted by molar-refractivity contribution is 14.2. The van der Waals surface area contributed by atoms with E-state index in [1.54, 1.807) is 4.45 Å². The second-order valence-corrected chi connectivity index (χ2v) is 5.62. The summed E-state index contributed by atoms with van der Waals surface area (Å²) in [5.74, 6) is 0.428. The molecule has 0 saturated heterocycles. The molecule has 0 bridgehead atoms. The lowest BCUT2D eigenvalue weighted by Crippen LogP contribution is -1.93. The second kappa shape index (κ2) is 4.65. The molecule has 0 aliphatic heterocycles. The van der Waals surface area contributed by atoms with Crippen LogP contribution in [0.5, 0.6) is 5.88 Å². The average molecular weight is 421 g/mol. The van der Waals surface area contributed by atoms with E-state index in [0.717, 1.165) is 5.39 Å². The summed E-state index contributed by atoms with van der Waals surface area (Å²) in [5, 5.41) is 5.15. The smallest absolute Gasteiger partial charge is 0.230 e. The summed E-state index contributed by atoms with van der Waals surface area (Å²) in [6.45, 7) is 0. The predicted octanol–water partition coefficient (Wildman–Crippen LogP) is 3.04. The lowest BCUT2D eigenvalue weighted by molar-refractivity contribution is 0.402. The van der Waals surface area contributed by atoms with Gasteiger partial charge >= 0.3 is 0 Å². The molecule has 15 heavy (non-hydrogen) atoms. The van der Waals surface area contributed by atoms with Crippen molar-refractivity contribution >= 4 is 67.0 Å². The molecule has 0 fully saturated rings. The summed E-state index contributed by atoms with van der Waals surface area (Å²) < 4.78 is 7.54. The minimum atomic E-state index is 0.155. The van der Waals surface area contributed by atoms with Crippen LogP contribution >= 0.6 is 55.9 Å². The number of fused-ring (bicyclic) bond motifs is 1. The van der Waals surface area contributed by atoms with E-state index >= 15 is 0 Å². The highest BCUT2D eigenvalue weighted by atomic mass is 127. The van der Waals surface area contributed by atoms with Crippen LogP contribution in [0, 0.1) is 0 Å². The zero-order valence-electron chi connectivity index (χ0n) is 7.33. The van der Waals surface area contributed by atoms with Crippen molar-refractivity contribution in [3.8, 4) is 5.88 Å². The lowest BCUT2D eigenvalue weighted by atomic mass is 10.4. The largest absolute Gasteiger partial charge is 0.480 e. The molecule has 0 saturated carbocycles. The first kappa shape index (κ1) is 11.8. The molecule has 0 radical (unpaired) electrons. The van der Waals surface area contributed by atoms with Gasteiger partial charge in [0, 0.05) is 0 Å². The van der Waals surface area contributed by atoms with Gasteiger partial charge in [0.2, 0.25) is 11.2 Å². The Hall–Kier alpha value is 0.280. The third kappa shape index (κ3) is 2.07. The first-order valence-electron chi connectivity index (χ1n) is 3.69. The SMILES string of the molecule is COc1nc(Cl)nc2c1c(Br)nn2PI. The van der Waals surface area contributed by atoms with E-state index in [2.05, 4.69) is 53.0 Å². The Morgan fingerprint density at radius 3 is 2.87 bits per heavy atom. The molecule has 0 aromatic carbocycles. The Balaban J connectivity index is 2.85. The Labute approximate surface area is 113 Å². The van der Waals surface area contributed by atoms with Gasteiger partial charge in [0.1, 0.15) is 9.99 Å². The molecule has 2 rings (SSSR count). The molecule has 1 unspecified atom stereocenters. The highest BCUT2D eigenvalue weighted by Gasteiger charge is 2.16. The van der Waals surface area contributed by atoms with Crippen LogP contribution in [0.15, 0.2) is 4.60 Å².